The number of carbonyl (C=O) groups is 1. The normalized spacial score (nSPS) is 15.2. The number of hydrogen-bond donors (Lipinski definition) is 2. The van der Waals surface area contributed by atoms with E-state index in [1.54, 1.807) is 26.1 Å². The quantitative estimate of drug-likeness (QED) is 0.862. The first-order valence-electron chi connectivity index (χ1n) is 6.79. The number of hydrogen-bond acceptors (Lipinski definition) is 6. The maximum atomic E-state index is 12.7. The van der Waals surface area contributed by atoms with Gasteiger partial charge < -0.3 is 15.4 Å². The second kappa shape index (κ2) is 7.06. The number of nitrogens with zero attached hydrogens (tertiary/aromatic N) is 3. The SMILES string of the molecule is COc1ccc(Cl)c(C(C)C(=O)N(C)C2=NC(N)=NNC2)c1Cl. The van der Waals surface area contributed by atoms with Crippen molar-refractivity contribution < 1.29 is 9.53 Å². The minimum atomic E-state index is -0.585. The van der Waals surface area contributed by atoms with E-state index in [1.807, 2.05) is 0 Å². The van der Waals surface area contributed by atoms with Gasteiger partial charge in [0.15, 0.2) is 0 Å². The van der Waals surface area contributed by atoms with Crippen LogP contribution in [-0.4, -0.2) is 43.3 Å². The molecule has 1 aliphatic heterocycles. The molecular formula is C14H17Cl2N5O2. The highest BCUT2D eigenvalue weighted by molar-refractivity contribution is 6.37. The fraction of sp³-hybridized carbons (Fsp3) is 0.357. The number of nitrogens with one attached hydrogen (secondary N) is 1. The van der Waals surface area contributed by atoms with Gasteiger partial charge in [-0.25, -0.2) is 0 Å². The largest absolute Gasteiger partial charge is 0.495 e. The maximum absolute atomic E-state index is 12.7. The first-order valence-corrected chi connectivity index (χ1v) is 7.55. The molecule has 0 aliphatic carbocycles. The number of guanidine groups is 1. The number of amides is 1. The molecular weight excluding hydrogens is 341 g/mol. The van der Waals surface area contributed by atoms with E-state index in [-0.39, 0.29) is 11.9 Å². The van der Waals surface area contributed by atoms with Crippen molar-refractivity contribution in [2.24, 2.45) is 15.8 Å². The molecule has 0 saturated heterocycles. The van der Waals surface area contributed by atoms with Gasteiger partial charge in [0.2, 0.25) is 11.9 Å². The highest BCUT2D eigenvalue weighted by atomic mass is 35.5. The van der Waals surface area contributed by atoms with E-state index < -0.39 is 5.92 Å². The lowest BCUT2D eigenvalue weighted by Gasteiger charge is -2.25. The van der Waals surface area contributed by atoms with Crippen molar-refractivity contribution >= 4 is 40.9 Å². The van der Waals surface area contributed by atoms with Crippen LogP contribution < -0.4 is 15.9 Å². The molecule has 0 radical (unpaired) electrons. The maximum Gasteiger partial charge on any atom is 0.239 e. The predicted octanol–water partition coefficient (Wildman–Crippen LogP) is 1.80. The Hall–Kier alpha value is -1.99. The lowest BCUT2D eigenvalue weighted by molar-refractivity contribution is -0.127. The molecule has 7 nitrogen and oxygen atoms in total. The van der Waals surface area contributed by atoms with Crippen molar-refractivity contribution in [1.82, 2.24) is 10.3 Å². The molecule has 1 aromatic rings. The van der Waals surface area contributed by atoms with Crippen LogP contribution >= 0.6 is 23.2 Å². The molecule has 1 atom stereocenters. The van der Waals surface area contributed by atoms with Gasteiger partial charge in [0.25, 0.3) is 0 Å². The Balaban J connectivity index is 2.32. The lowest BCUT2D eigenvalue weighted by Crippen LogP contribution is -2.43. The van der Waals surface area contributed by atoms with E-state index in [0.717, 1.165) is 0 Å². The molecule has 0 spiro atoms. The van der Waals surface area contributed by atoms with Crippen LogP contribution in [0.5, 0.6) is 5.75 Å². The van der Waals surface area contributed by atoms with Crippen LogP contribution in [0, 0.1) is 0 Å². The zero-order valence-corrected chi connectivity index (χ0v) is 14.4. The Kier molecular flexibility index (Phi) is 5.33. The number of halogens is 2. The molecule has 0 aromatic heterocycles. The highest BCUT2D eigenvalue weighted by Crippen LogP contribution is 2.38. The molecule has 9 heteroatoms. The fourth-order valence-electron chi connectivity index (χ4n) is 2.23. The third kappa shape index (κ3) is 3.51. The lowest BCUT2D eigenvalue weighted by atomic mass is 9.99. The van der Waals surface area contributed by atoms with Gasteiger partial charge in [0.1, 0.15) is 11.6 Å². The molecule has 124 valence electrons. The Labute approximate surface area is 144 Å². The van der Waals surface area contributed by atoms with Gasteiger partial charge in [-0.05, 0) is 19.1 Å². The average molecular weight is 358 g/mol. The van der Waals surface area contributed by atoms with Crippen molar-refractivity contribution in [2.45, 2.75) is 12.8 Å². The van der Waals surface area contributed by atoms with Crippen LogP contribution in [0.25, 0.3) is 0 Å². The molecule has 2 rings (SSSR count). The number of ether oxygens (including phenoxy) is 1. The Morgan fingerprint density at radius 1 is 1.48 bits per heavy atom. The van der Waals surface area contributed by atoms with Gasteiger partial charge in [-0.1, -0.05) is 23.2 Å². The molecule has 0 saturated carbocycles. The van der Waals surface area contributed by atoms with E-state index in [4.69, 9.17) is 33.7 Å². The van der Waals surface area contributed by atoms with Gasteiger partial charge in [-0.2, -0.15) is 4.99 Å². The Bertz CT molecular complexity index is 690. The minimum Gasteiger partial charge on any atom is -0.495 e. The molecule has 0 fully saturated rings. The molecule has 1 amide bonds. The Morgan fingerprint density at radius 2 is 2.17 bits per heavy atom. The summed E-state index contributed by atoms with van der Waals surface area (Å²) < 4.78 is 5.18. The summed E-state index contributed by atoms with van der Waals surface area (Å²) in [5.74, 6) is 0.178. The van der Waals surface area contributed by atoms with Gasteiger partial charge in [0.05, 0.1) is 24.6 Å². The van der Waals surface area contributed by atoms with Crippen molar-refractivity contribution in [3.63, 3.8) is 0 Å². The number of carbonyl (C=O) groups excluding carboxylic acids is 1. The van der Waals surface area contributed by atoms with Crippen LogP contribution in [0.3, 0.4) is 0 Å². The number of nitrogens with two attached hydrogens (primary N) is 1. The van der Waals surface area contributed by atoms with Crippen LogP contribution in [0.1, 0.15) is 18.4 Å². The number of rotatable bonds is 3. The van der Waals surface area contributed by atoms with Crippen LogP contribution in [0.15, 0.2) is 22.2 Å². The summed E-state index contributed by atoms with van der Waals surface area (Å²) in [5, 5.41) is 4.45. The van der Waals surface area contributed by atoms with Gasteiger partial charge in [0, 0.05) is 17.6 Å². The third-order valence-electron chi connectivity index (χ3n) is 3.51. The zero-order chi connectivity index (χ0) is 17.1. The molecule has 23 heavy (non-hydrogen) atoms. The van der Waals surface area contributed by atoms with Gasteiger partial charge in [-0.3, -0.25) is 10.2 Å². The molecule has 1 unspecified atom stereocenters. The number of methoxy groups -OCH3 is 1. The van der Waals surface area contributed by atoms with Crippen molar-refractivity contribution in [2.75, 3.05) is 20.7 Å². The second-order valence-electron chi connectivity index (χ2n) is 4.93. The van der Waals surface area contributed by atoms with E-state index in [0.29, 0.717) is 33.7 Å². The molecule has 3 N–H and O–H groups in total. The van der Waals surface area contributed by atoms with Crippen molar-refractivity contribution in [1.29, 1.82) is 0 Å². The summed E-state index contributed by atoms with van der Waals surface area (Å²) in [6, 6.07) is 3.30. The Morgan fingerprint density at radius 3 is 2.78 bits per heavy atom. The number of amidine groups is 1. The molecule has 1 heterocycles. The van der Waals surface area contributed by atoms with Gasteiger partial charge >= 0.3 is 0 Å². The summed E-state index contributed by atoms with van der Waals surface area (Å²) in [6.45, 7) is 2.02. The van der Waals surface area contributed by atoms with Gasteiger partial charge in [-0.15, -0.1) is 5.10 Å². The highest BCUT2D eigenvalue weighted by Gasteiger charge is 2.28. The van der Waals surface area contributed by atoms with Crippen LogP contribution in [-0.2, 0) is 4.79 Å². The summed E-state index contributed by atoms with van der Waals surface area (Å²) in [7, 11) is 3.11. The summed E-state index contributed by atoms with van der Waals surface area (Å²) in [4.78, 5) is 18.2. The first kappa shape index (κ1) is 17.4. The number of benzene rings is 1. The van der Waals surface area contributed by atoms with Crippen LogP contribution in [0.2, 0.25) is 10.0 Å². The van der Waals surface area contributed by atoms with Crippen molar-refractivity contribution in [3.05, 3.63) is 27.7 Å². The number of aliphatic imine (C=N–C) groups is 1. The summed E-state index contributed by atoms with van der Waals surface area (Å²) >= 11 is 12.5. The third-order valence-corrected chi connectivity index (χ3v) is 4.23. The molecule has 1 aromatic carbocycles. The molecule has 0 bridgehead atoms. The number of likely N-dealkylation sites (N-methyl/N-ethyl adjacent to an activating group) is 1. The monoisotopic (exact) mass is 357 g/mol. The van der Waals surface area contributed by atoms with E-state index >= 15 is 0 Å². The van der Waals surface area contributed by atoms with Crippen molar-refractivity contribution in [3.8, 4) is 5.75 Å². The molecule has 1 aliphatic rings. The van der Waals surface area contributed by atoms with E-state index in [9.17, 15) is 4.79 Å². The van der Waals surface area contributed by atoms with E-state index in [2.05, 4.69) is 15.5 Å². The first-order chi connectivity index (χ1) is 10.9. The average Bonchev–Trinajstić information content (AvgIpc) is 2.53. The standard InChI is InChI=1S/C14H17Cl2N5O2/c1-7(11-8(15)4-5-9(23-3)12(11)16)13(22)21(2)10-6-18-20-14(17)19-10/h4-5,7,18H,6H2,1-3H3,(H2,17,20). The van der Waals surface area contributed by atoms with Crippen LogP contribution in [0.4, 0.5) is 0 Å². The number of hydrazone groups is 1. The summed E-state index contributed by atoms with van der Waals surface area (Å²) in [6.07, 6.45) is 0. The fourth-order valence-corrected chi connectivity index (χ4v) is 3.00. The zero-order valence-electron chi connectivity index (χ0n) is 12.9. The second-order valence-corrected chi connectivity index (χ2v) is 5.71. The predicted molar refractivity (Wildman–Crippen MR) is 91.3 cm³/mol. The van der Waals surface area contributed by atoms with E-state index in [1.165, 1.54) is 12.0 Å². The summed E-state index contributed by atoms with van der Waals surface area (Å²) in [5.41, 5.74) is 8.76. The smallest absolute Gasteiger partial charge is 0.239 e. The topological polar surface area (TPSA) is 92.3 Å². The minimum absolute atomic E-state index is 0.0657.